The van der Waals surface area contributed by atoms with Crippen molar-refractivity contribution in [3.8, 4) is 0 Å². The van der Waals surface area contributed by atoms with E-state index in [1.165, 1.54) is 24.8 Å². The van der Waals surface area contributed by atoms with Gasteiger partial charge in [-0.1, -0.05) is 13.3 Å². The van der Waals surface area contributed by atoms with Crippen LogP contribution in [0.15, 0.2) is 0 Å². The lowest BCUT2D eigenvalue weighted by Gasteiger charge is -2.24. The normalized spacial score (nSPS) is 19.1. The first-order chi connectivity index (χ1) is 9.52. The van der Waals surface area contributed by atoms with Gasteiger partial charge in [-0.2, -0.15) is 4.98 Å². The van der Waals surface area contributed by atoms with Crippen molar-refractivity contribution in [2.24, 2.45) is 0 Å². The number of aryl methyl sites for hydroxylation is 1. The SMILES string of the molecule is CCCCc1c(C)nc(N)nc1N1CC[C@H](N(C)C)C1. The number of unbranched alkanes of at least 4 members (excludes halogenated alkanes) is 1. The first-order valence-electron chi connectivity index (χ1n) is 7.57. The van der Waals surface area contributed by atoms with Crippen LogP contribution in [0.5, 0.6) is 0 Å². The van der Waals surface area contributed by atoms with Crippen LogP contribution >= 0.6 is 0 Å². The van der Waals surface area contributed by atoms with Crippen LogP contribution in [-0.2, 0) is 6.42 Å². The first-order valence-corrected chi connectivity index (χ1v) is 7.57. The highest BCUT2D eigenvalue weighted by molar-refractivity contribution is 5.52. The van der Waals surface area contributed by atoms with Gasteiger partial charge >= 0.3 is 0 Å². The summed E-state index contributed by atoms with van der Waals surface area (Å²) in [5.41, 5.74) is 8.17. The van der Waals surface area contributed by atoms with E-state index in [-0.39, 0.29) is 0 Å². The van der Waals surface area contributed by atoms with Crippen molar-refractivity contribution in [1.29, 1.82) is 0 Å². The van der Waals surface area contributed by atoms with Gasteiger partial charge < -0.3 is 15.5 Å². The van der Waals surface area contributed by atoms with Crippen LogP contribution in [-0.4, -0.2) is 48.1 Å². The Morgan fingerprint density at radius 2 is 2.10 bits per heavy atom. The lowest BCUT2D eigenvalue weighted by atomic mass is 10.1. The molecule has 0 spiro atoms. The molecule has 20 heavy (non-hydrogen) atoms. The summed E-state index contributed by atoms with van der Waals surface area (Å²) in [7, 11) is 4.29. The zero-order valence-electron chi connectivity index (χ0n) is 13.2. The molecule has 1 aliphatic heterocycles. The molecule has 1 aromatic heterocycles. The van der Waals surface area contributed by atoms with Gasteiger partial charge in [-0.3, -0.25) is 0 Å². The molecule has 112 valence electrons. The zero-order valence-corrected chi connectivity index (χ0v) is 13.2. The van der Waals surface area contributed by atoms with E-state index in [1.54, 1.807) is 0 Å². The highest BCUT2D eigenvalue weighted by Gasteiger charge is 2.27. The summed E-state index contributed by atoms with van der Waals surface area (Å²) in [6, 6.07) is 0.602. The van der Waals surface area contributed by atoms with E-state index in [2.05, 4.69) is 40.8 Å². The van der Waals surface area contributed by atoms with Gasteiger partial charge in [0.05, 0.1) is 0 Å². The number of rotatable bonds is 5. The standard InChI is InChI=1S/C15H27N5/c1-5-6-7-13-11(2)17-15(16)18-14(13)20-9-8-12(10-20)19(3)4/h12H,5-10H2,1-4H3,(H2,16,17,18)/t12-/m0/s1. The maximum absolute atomic E-state index is 5.86. The molecule has 5 nitrogen and oxygen atoms in total. The lowest BCUT2D eigenvalue weighted by molar-refractivity contribution is 0.315. The average molecular weight is 277 g/mol. The Kier molecular flexibility index (Phi) is 4.81. The Balaban J connectivity index is 2.25. The van der Waals surface area contributed by atoms with Crippen molar-refractivity contribution in [1.82, 2.24) is 14.9 Å². The minimum absolute atomic E-state index is 0.394. The molecule has 0 bridgehead atoms. The third kappa shape index (κ3) is 3.20. The first kappa shape index (κ1) is 15.0. The van der Waals surface area contributed by atoms with Gasteiger partial charge in [0.25, 0.3) is 0 Å². The molecule has 0 radical (unpaired) electrons. The van der Waals surface area contributed by atoms with E-state index in [0.717, 1.165) is 31.0 Å². The molecule has 1 saturated heterocycles. The molecule has 1 aliphatic rings. The molecule has 2 N–H and O–H groups in total. The summed E-state index contributed by atoms with van der Waals surface area (Å²) in [5.74, 6) is 1.46. The number of nitrogen functional groups attached to an aromatic ring is 1. The number of nitrogens with two attached hydrogens (primary N) is 1. The number of hydrogen-bond donors (Lipinski definition) is 1. The van der Waals surface area contributed by atoms with E-state index < -0.39 is 0 Å². The highest BCUT2D eigenvalue weighted by Crippen LogP contribution is 2.27. The smallest absolute Gasteiger partial charge is 0.222 e. The molecule has 1 aromatic rings. The van der Waals surface area contributed by atoms with E-state index in [0.29, 0.717) is 12.0 Å². The van der Waals surface area contributed by atoms with Crippen molar-refractivity contribution in [3.63, 3.8) is 0 Å². The monoisotopic (exact) mass is 277 g/mol. The van der Waals surface area contributed by atoms with Gasteiger partial charge in [-0.05, 0) is 40.3 Å². The Bertz CT molecular complexity index is 458. The van der Waals surface area contributed by atoms with Crippen LogP contribution in [0.2, 0.25) is 0 Å². The van der Waals surface area contributed by atoms with Gasteiger partial charge in [0.2, 0.25) is 5.95 Å². The molecule has 1 fully saturated rings. The van der Waals surface area contributed by atoms with Gasteiger partial charge in [-0.25, -0.2) is 4.98 Å². The number of aromatic nitrogens is 2. The summed E-state index contributed by atoms with van der Waals surface area (Å²) in [5, 5.41) is 0. The second kappa shape index (κ2) is 6.39. The van der Waals surface area contributed by atoms with Gasteiger partial charge in [0.15, 0.2) is 0 Å². The van der Waals surface area contributed by atoms with Crippen molar-refractivity contribution in [3.05, 3.63) is 11.3 Å². The van der Waals surface area contributed by atoms with E-state index >= 15 is 0 Å². The number of anilines is 2. The van der Waals surface area contributed by atoms with Crippen LogP contribution in [0.4, 0.5) is 11.8 Å². The van der Waals surface area contributed by atoms with E-state index in [1.807, 2.05) is 6.92 Å². The van der Waals surface area contributed by atoms with Crippen molar-refractivity contribution >= 4 is 11.8 Å². The Hall–Kier alpha value is -1.36. The Morgan fingerprint density at radius 1 is 1.35 bits per heavy atom. The summed E-state index contributed by atoms with van der Waals surface area (Å²) in [6.45, 7) is 6.34. The summed E-state index contributed by atoms with van der Waals surface area (Å²) < 4.78 is 0. The summed E-state index contributed by atoms with van der Waals surface area (Å²) in [4.78, 5) is 13.5. The van der Waals surface area contributed by atoms with Gasteiger partial charge in [0, 0.05) is 30.4 Å². The van der Waals surface area contributed by atoms with Crippen molar-refractivity contribution in [2.75, 3.05) is 37.8 Å². The highest BCUT2D eigenvalue weighted by atomic mass is 15.3. The number of likely N-dealkylation sites (N-methyl/N-ethyl adjacent to an activating group) is 1. The maximum Gasteiger partial charge on any atom is 0.222 e. The molecule has 0 unspecified atom stereocenters. The third-order valence-corrected chi connectivity index (χ3v) is 4.18. The zero-order chi connectivity index (χ0) is 14.7. The average Bonchev–Trinajstić information content (AvgIpc) is 2.86. The molecule has 0 aliphatic carbocycles. The second-order valence-electron chi connectivity index (χ2n) is 5.93. The van der Waals surface area contributed by atoms with Crippen molar-refractivity contribution < 1.29 is 0 Å². The summed E-state index contributed by atoms with van der Waals surface area (Å²) in [6.07, 6.45) is 4.58. The Labute approximate surface area is 122 Å². The molecule has 1 atom stereocenters. The predicted molar refractivity (Wildman–Crippen MR) is 84.1 cm³/mol. The molecule has 0 amide bonds. The van der Waals surface area contributed by atoms with Gasteiger partial charge in [-0.15, -0.1) is 0 Å². The van der Waals surface area contributed by atoms with Crippen LogP contribution in [0.1, 0.15) is 37.4 Å². The van der Waals surface area contributed by atoms with E-state index in [9.17, 15) is 0 Å². The summed E-state index contributed by atoms with van der Waals surface area (Å²) >= 11 is 0. The third-order valence-electron chi connectivity index (χ3n) is 4.18. The topological polar surface area (TPSA) is 58.3 Å². The largest absolute Gasteiger partial charge is 0.368 e. The van der Waals surface area contributed by atoms with Gasteiger partial charge in [0.1, 0.15) is 5.82 Å². The van der Waals surface area contributed by atoms with Crippen LogP contribution in [0.25, 0.3) is 0 Å². The molecule has 5 heteroatoms. The Morgan fingerprint density at radius 3 is 2.70 bits per heavy atom. The quantitative estimate of drug-likeness (QED) is 0.890. The molecular formula is C15H27N5. The predicted octanol–water partition coefficient (Wildman–Crippen LogP) is 1.85. The van der Waals surface area contributed by atoms with Crippen LogP contribution < -0.4 is 10.6 Å². The van der Waals surface area contributed by atoms with Crippen molar-refractivity contribution in [2.45, 2.75) is 45.6 Å². The van der Waals surface area contributed by atoms with E-state index in [4.69, 9.17) is 5.73 Å². The molecule has 2 heterocycles. The lowest BCUT2D eigenvalue weighted by Crippen LogP contribution is -2.32. The maximum atomic E-state index is 5.86. The molecule has 0 aromatic carbocycles. The fourth-order valence-electron chi connectivity index (χ4n) is 2.87. The minimum atomic E-state index is 0.394. The minimum Gasteiger partial charge on any atom is -0.368 e. The fourth-order valence-corrected chi connectivity index (χ4v) is 2.87. The molecular weight excluding hydrogens is 250 g/mol. The number of hydrogen-bond acceptors (Lipinski definition) is 5. The van der Waals surface area contributed by atoms with Crippen LogP contribution in [0, 0.1) is 6.92 Å². The molecule has 0 saturated carbocycles. The fraction of sp³-hybridized carbons (Fsp3) is 0.733. The second-order valence-corrected chi connectivity index (χ2v) is 5.93. The molecule has 2 rings (SSSR count). The number of nitrogens with zero attached hydrogens (tertiary/aromatic N) is 4. The van der Waals surface area contributed by atoms with Crippen LogP contribution in [0.3, 0.4) is 0 Å².